The first kappa shape index (κ1) is 14.3. The molecule has 108 valence electrons. The van der Waals surface area contributed by atoms with Gasteiger partial charge in [0.2, 0.25) is 0 Å². The van der Waals surface area contributed by atoms with Gasteiger partial charge in [-0.05, 0) is 30.7 Å². The van der Waals surface area contributed by atoms with Gasteiger partial charge in [-0.1, -0.05) is 34.1 Å². The standard InChI is InChI=1S/C15H13BrN2O2S/c1-9-6-7-10(8-11(9)16)15-17-12-4-3-5-13(14(12)18-15)21(2,19)20/h3-8H,1-2H3,(H,17,18). The fourth-order valence-electron chi connectivity index (χ4n) is 2.18. The van der Waals surface area contributed by atoms with Gasteiger partial charge in [0, 0.05) is 16.3 Å². The van der Waals surface area contributed by atoms with Gasteiger partial charge in [-0.15, -0.1) is 0 Å². The third-order valence-corrected chi connectivity index (χ3v) is 5.30. The highest BCUT2D eigenvalue weighted by molar-refractivity contribution is 9.10. The van der Waals surface area contributed by atoms with Crippen LogP contribution in [0.3, 0.4) is 0 Å². The Morgan fingerprint density at radius 3 is 2.62 bits per heavy atom. The number of imidazole rings is 1. The van der Waals surface area contributed by atoms with E-state index in [9.17, 15) is 8.42 Å². The second kappa shape index (κ2) is 4.96. The van der Waals surface area contributed by atoms with E-state index in [1.807, 2.05) is 31.2 Å². The first-order valence-corrected chi connectivity index (χ1v) is 9.00. The van der Waals surface area contributed by atoms with Gasteiger partial charge in [0.1, 0.15) is 11.3 Å². The highest BCUT2D eigenvalue weighted by Crippen LogP contribution is 2.28. The molecule has 1 N–H and O–H groups in total. The van der Waals surface area contributed by atoms with E-state index < -0.39 is 9.84 Å². The minimum atomic E-state index is -3.30. The average Bonchev–Trinajstić information content (AvgIpc) is 2.84. The Hall–Kier alpha value is -1.66. The number of benzene rings is 2. The molecular formula is C15H13BrN2O2S. The lowest BCUT2D eigenvalue weighted by Gasteiger charge is -2.00. The Labute approximate surface area is 131 Å². The maximum absolute atomic E-state index is 11.8. The van der Waals surface area contributed by atoms with E-state index in [0.717, 1.165) is 15.6 Å². The number of nitrogens with one attached hydrogen (secondary N) is 1. The summed E-state index contributed by atoms with van der Waals surface area (Å²) in [7, 11) is -3.30. The van der Waals surface area contributed by atoms with Crippen LogP contribution in [0.25, 0.3) is 22.4 Å². The number of hydrogen-bond acceptors (Lipinski definition) is 3. The molecule has 0 aliphatic rings. The smallest absolute Gasteiger partial charge is 0.177 e. The SMILES string of the molecule is Cc1ccc(-c2nc3c(S(C)(=O)=O)cccc3[nH]2)cc1Br. The molecule has 0 aliphatic carbocycles. The van der Waals surface area contributed by atoms with Crippen molar-refractivity contribution in [3.8, 4) is 11.4 Å². The normalized spacial score (nSPS) is 12.0. The molecule has 0 radical (unpaired) electrons. The highest BCUT2D eigenvalue weighted by atomic mass is 79.9. The predicted molar refractivity (Wildman–Crippen MR) is 87.1 cm³/mol. The van der Waals surface area contributed by atoms with Crippen LogP contribution in [0.15, 0.2) is 45.8 Å². The molecule has 0 saturated heterocycles. The van der Waals surface area contributed by atoms with Gasteiger partial charge in [-0.2, -0.15) is 0 Å². The van der Waals surface area contributed by atoms with E-state index in [1.165, 1.54) is 6.26 Å². The van der Waals surface area contributed by atoms with E-state index in [4.69, 9.17) is 0 Å². The molecular weight excluding hydrogens is 352 g/mol. The van der Waals surface area contributed by atoms with Gasteiger partial charge >= 0.3 is 0 Å². The second-order valence-corrected chi connectivity index (χ2v) is 7.81. The third-order valence-electron chi connectivity index (χ3n) is 3.32. The number of H-pyrrole nitrogens is 1. The van der Waals surface area contributed by atoms with Gasteiger partial charge in [-0.3, -0.25) is 0 Å². The molecule has 3 aromatic rings. The lowest BCUT2D eigenvalue weighted by Crippen LogP contribution is -1.97. The highest BCUT2D eigenvalue weighted by Gasteiger charge is 2.15. The zero-order chi connectivity index (χ0) is 15.2. The summed E-state index contributed by atoms with van der Waals surface area (Å²) < 4.78 is 24.6. The van der Waals surface area contributed by atoms with Crippen molar-refractivity contribution in [2.75, 3.05) is 6.26 Å². The maximum atomic E-state index is 11.8. The lowest BCUT2D eigenvalue weighted by molar-refractivity contribution is 0.602. The summed E-state index contributed by atoms with van der Waals surface area (Å²) in [5.41, 5.74) is 3.23. The van der Waals surface area contributed by atoms with Gasteiger partial charge in [-0.25, -0.2) is 13.4 Å². The molecule has 4 nitrogen and oxygen atoms in total. The molecule has 1 aromatic heterocycles. The molecule has 0 unspecified atom stereocenters. The average molecular weight is 365 g/mol. The van der Waals surface area contributed by atoms with Gasteiger partial charge in [0.25, 0.3) is 0 Å². The van der Waals surface area contributed by atoms with Crippen LogP contribution in [0, 0.1) is 6.92 Å². The minimum absolute atomic E-state index is 0.244. The van der Waals surface area contributed by atoms with Crippen molar-refractivity contribution in [1.29, 1.82) is 0 Å². The fraction of sp³-hybridized carbons (Fsp3) is 0.133. The first-order valence-electron chi connectivity index (χ1n) is 6.31. The lowest BCUT2D eigenvalue weighted by atomic mass is 10.1. The molecule has 0 amide bonds. The van der Waals surface area contributed by atoms with Crippen LogP contribution in [-0.4, -0.2) is 24.6 Å². The number of fused-ring (bicyclic) bond motifs is 1. The van der Waals surface area contributed by atoms with E-state index in [1.54, 1.807) is 12.1 Å². The largest absolute Gasteiger partial charge is 0.338 e. The molecule has 3 rings (SSSR count). The zero-order valence-electron chi connectivity index (χ0n) is 11.5. The maximum Gasteiger partial charge on any atom is 0.177 e. The van der Waals surface area contributed by atoms with E-state index >= 15 is 0 Å². The number of sulfone groups is 1. The Bertz CT molecular complexity index is 945. The summed E-state index contributed by atoms with van der Waals surface area (Å²) in [4.78, 5) is 7.88. The molecule has 0 saturated carbocycles. The van der Waals surface area contributed by atoms with Gasteiger partial charge in [0.05, 0.1) is 10.4 Å². The molecule has 0 atom stereocenters. The molecule has 6 heteroatoms. The van der Waals surface area contributed by atoms with Crippen molar-refractivity contribution in [3.05, 3.63) is 46.4 Å². The zero-order valence-corrected chi connectivity index (χ0v) is 13.9. The summed E-state index contributed by atoms with van der Waals surface area (Å²) in [6.07, 6.45) is 1.19. The van der Waals surface area contributed by atoms with Crippen LogP contribution >= 0.6 is 15.9 Å². The van der Waals surface area contributed by atoms with Crippen LogP contribution in [0.4, 0.5) is 0 Å². The molecule has 0 aliphatic heterocycles. The summed E-state index contributed by atoms with van der Waals surface area (Å²) in [5, 5.41) is 0. The Balaban J connectivity index is 2.24. The Kier molecular flexibility index (Phi) is 3.37. The van der Waals surface area contributed by atoms with Gasteiger partial charge < -0.3 is 4.98 Å². The fourth-order valence-corrected chi connectivity index (χ4v) is 3.39. The quantitative estimate of drug-likeness (QED) is 0.753. The monoisotopic (exact) mass is 364 g/mol. The number of para-hydroxylation sites is 1. The molecule has 1 heterocycles. The number of rotatable bonds is 2. The number of aromatic amines is 1. The number of aryl methyl sites for hydroxylation is 1. The molecule has 0 bridgehead atoms. The third kappa shape index (κ3) is 2.61. The first-order chi connectivity index (χ1) is 9.86. The van der Waals surface area contributed by atoms with Crippen LogP contribution in [-0.2, 0) is 9.84 Å². The summed E-state index contributed by atoms with van der Waals surface area (Å²) in [6, 6.07) is 11.0. The molecule has 0 fully saturated rings. The Morgan fingerprint density at radius 1 is 1.19 bits per heavy atom. The van der Waals surface area contributed by atoms with Crippen LogP contribution in [0.1, 0.15) is 5.56 Å². The van der Waals surface area contributed by atoms with Crippen LogP contribution in [0.5, 0.6) is 0 Å². The molecule has 21 heavy (non-hydrogen) atoms. The van der Waals surface area contributed by atoms with E-state index in [0.29, 0.717) is 16.9 Å². The van der Waals surface area contributed by atoms with Gasteiger partial charge in [0.15, 0.2) is 9.84 Å². The number of aromatic nitrogens is 2. The van der Waals surface area contributed by atoms with Crippen LogP contribution in [0.2, 0.25) is 0 Å². The van der Waals surface area contributed by atoms with E-state index in [2.05, 4.69) is 25.9 Å². The van der Waals surface area contributed by atoms with Crippen molar-refractivity contribution in [2.45, 2.75) is 11.8 Å². The van der Waals surface area contributed by atoms with Crippen LogP contribution < -0.4 is 0 Å². The van der Waals surface area contributed by atoms with Crippen molar-refractivity contribution in [2.24, 2.45) is 0 Å². The molecule has 0 spiro atoms. The topological polar surface area (TPSA) is 62.8 Å². The number of halogens is 1. The predicted octanol–water partition coefficient (Wildman–Crippen LogP) is 3.70. The second-order valence-electron chi connectivity index (χ2n) is 4.97. The van der Waals surface area contributed by atoms with Crippen molar-refractivity contribution < 1.29 is 8.42 Å². The number of nitrogens with zero attached hydrogens (tertiary/aromatic N) is 1. The summed E-state index contributed by atoms with van der Waals surface area (Å²) in [5.74, 6) is 0.654. The molecule has 2 aromatic carbocycles. The Morgan fingerprint density at radius 2 is 1.95 bits per heavy atom. The summed E-state index contributed by atoms with van der Waals surface area (Å²) >= 11 is 3.50. The number of hydrogen-bond donors (Lipinski definition) is 1. The minimum Gasteiger partial charge on any atom is -0.338 e. The summed E-state index contributed by atoms with van der Waals surface area (Å²) in [6.45, 7) is 2.01. The van der Waals surface area contributed by atoms with Crippen molar-refractivity contribution in [3.63, 3.8) is 0 Å². The van der Waals surface area contributed by atoms with Crippen molar-refractivity contribution in [1.82, 2.24) is 9.97 Å². The van der Waals surface area contributed by atoms with E-state index in [-0.39, 0.29) is 4.90 Å². The van der Waals surface area contributed by atoms with Crippen molar-refractivity contribution >= 4 is 36.8 Å².